The summed E-state index contributed by atoms with van der Waals surface area (Å²) < 4.78 is 5.45. The molecule has 0 atom stereocenters. The van der Waals surface area contributed by atoms with Gasteiger partial charge in [0.2, 0.25) is 0 Å². The molecule has 11 heavy (non-hydrogen) atoms. The van der Waals surface area contributed by atoms with E-state index in [2.05, 4.69) is 11.0 Å². The van der Waals surface area contributed by atoms with E-state index >= 15 is 0 Å². The average Bonchev–Trinajstić information content (AvgIpc) is 2.27. The van der Waals surface area contributed by atoms with Crippen LogP contribution in [0.25, 0.3) is 0 Å². The molecule has 0 aliphatic carbocycles. The van der Waals surface area contributed by atoms with Gasteiger partial charge in [-0.2, -0.15) is 0 Å². The molecule has 1 aliphatic rings. The van der Waals surface area contributed by atoms with Gasteiger partial charge in [0.15, 0.2) is 0 Å². The Morgan fingerprint density at radius 1 is 1.45 bits per heavy atom. The van der Waals surface area contributed by atoms with Crippen LogP contribution in [0.5, 0.6) is 0 Å². The first-order valence-corrected chi connectivity index (χ1v) is 4.12. The summed E-state index contributed by atoms with van der Waals surface area (Å²) in [5.74, 6) is 2.11. The first-order chi connectivity index (χ1) is 5.34. The molecule has 1 aliphatic heterocycles. The molecule has 0 radical (unpaired) electrons. The van der Waals surface area contributed by atoms with E-state index in [1.54, 1.807) is 0 Å². The molecule has 60 valence electrons. The third-order valence-electron chi connectivity index (χ3n) is 2.12. The standard InChI is InChI=1S/C9H13NO/c1-8-3-4-9(11-8)7-10-5-2-6-10/h3-4H,2,5-7H2,1H3. The fourth-order valence-corrected chi connectivity index (χ4v) is 1.33. The van der Waals surface area contributed by atoms with Crippen molar-refractivity contribution in [1.29, 1.82) is 0 Å². The Morgan fingerprint density at radius 3 is 2.73 bits per heavy atom. The lowest BCUT2D eigenvalue weighted by Crippen LogP contribution is -2.36. The summed E-state index contributed by atoms with van der Waals surface area (Å²) >= 11 is 0. The second kappa shape index (κ2) is 2.70. The number of nitrogens with zero attached hydrogens (tertiary/aromatic N) is 1. The molecule has 0 spiro atoms. The number of rotatable bonds is 2. The molecule has 2 nitrogen and oxygen atoms in total. The lowest BCUT2D eigenvalue weighted by molar-refractivity contribution is 0.159. The van der Waals surface area contributed by atoms with Gasteiger partial charge in [-0.15, -0.1) is 0 Å². The minimum absolute atomic E-state index is 0.994. The van der Waals surface area contributed by atoms with E-state index in [4.69, 9.17) is 4.42 Å². The van der Waals surface area contributed by atoms with Gasteiger partial charge in [0, 0.05) is 0 Å². The highest BCUT2D eigenvalue weighted by atomic mass is 16.3. The first kappa shape index (κ1) is 6.92. The quantitative estimate of drug-likeness (QED) is 0.640. The van der Waals surface area contributed by atoms with Gasteiger partial charge in [0.25, 0.3) is 0 Å². The fraction of sp³-hybridized carbons (Fsp3) is 0.556. The number of aryl methyl sites for hydroxylation is 1. The second-order valence-corrected chi connectivity index (χ2v) is 3.14. The van der Waals surface area contributed by atoms with E-state index in [0.29, 0.717) is 0 Å². The molecular weight excluding hydrogens is 138 g/mol. The smallest absolute Gasteiger partial charge is 0.118 e. The summed E-state index contributed by atoms with van der Waals surface area (Å²) in [6, 6.07) is 4.09. The number of likely N-dealkylation sites (tertiary alicyclic amines) is 1. The Balaban J connectivity index is 1.95. The molecule has 0 unspecified atom stereocenters. The second-order valence-electron chi connectivity index (χ2n) is 3.14. The van der Waals surface area contributed by atoms with E-state index in [-0.39, 0.29) is 0 Å². The Hall–Kier alpha value is -0.760. The molecule has 2 heterocycles. The minimum Gasteiger partial charge on any atom is -0.465 e. The Labute approximate surface area is 66.8 Å². The lowest BCUT2D eigenvalue weighted by atomic mass is 10.2. The van der Waals surface area contributed by atoms with Gasteiger partial charge in [0.1, 0.15) is 11.5 Å². The molecule has 1 aromatic heterocycles. The zero-order valence-electron chi connectivity index (χ0n) is 6.84. The van der Waals surface area contributed by atoms with Crippen molar-refractivity contribution in [2.75, 3.05) is 13.1 Å². The molecule has 1 fully saturated rings. The number of hydrogen-bond donors (Lipinski definition) is 0. The van der Waals surface area contributed by atoms with Gasteiger partial charge in [-0.3, -0.25) is 4.90 Å². The van der Waals surface area contributed by atoms with Gasteiger partial charge in [-0.1, -0.05) is 0 Å². The van der Waals surface area contributed by atoms with Crippen molar-refractivity contribution in [2.45, 2.75) is 19.9 Å². The highest BCUT2D eigenvalue weighted by Gasteiger charge is 2.14. The maximum absolute atomic E-state index is 5.45. The van der Waals surface area contributed by atoms with E-state index in [1.807, 2.05) is 13.0 Å². The summed E-state index contributed by atoms with van der Waals surface area (Å²) in [7, 11) is 0. The highest BCUT2D eigenvalue weighted by Crippen LogP contribution is 2.13. The summed E-state index contributed by atoms with van der Waals surface area (Å²) in [6.45, 7) is 5.45. The molecule has 2 rings (SSSR count). The summed E-state index contributed by atoms with van der Waals surface area (Å²) in [5.41, 5.74) is 0. The normalized spacial score (nSPS) is 18.3. The van der Waals surface area contributed by atoms with E-state index in [0.717, 1.165) is 18.1 Å². The average molecular weight is 151 g/mol. The predicted octanol–water partition coefficient (Wildman–Crippen LogP) is 1.79. The third-order valence-corrected chi connectivity index (χ3v) is 2.12. The van der Waals surface area contributed by atoms with Crippen molar-refractivity contribution >= 4 is 0 Å². The lowest BCUT2D eigenvalue weighted by Gasteiger charge is -2.29. The molecule has 2 heteroatoms. The molecule has 1 saturated heterocycles. The summed E-state index contributed by atoms with van der Waals surface area (Å²) in [4.78, 5) is 2.39. The maximum atomic E-state index is 5.45. The minimum atomic E-state index is 0.994. The molecule has 0 saturated carbocycles. The Bertz CT molecular complexity index is 237. The zero-order chi connectivity index (χ0) is 7.68. The van der Waals surface area contributed by atoms with Crippen LogP contribution in [0.1, 0.15) is 17.9 Å². The molecule has 1 aromatic rings. The van der Waals surface area contributed by atoms with Crippen molar-refractivity contribution in [2.24, 2.45) is 0 Å². The highest BCUT2D eigenvalue weighted by molar-refractivity contribution is 5.05. The number of furan rings is 1. The van der Waals surface area contributed by atoms with Crippen molar-refractivity contribution in [3.8, 4) is 0 Å². The molecule has 0 aromatic carbocycles. The van der Waals surface area contributed by atoms with Gasteiger partial charge >= 0.3 is 0 Å². The molecular formula is C9H13NO. The van der Waals surface area contributed by atoms with Crippen molar-refractivity contribution < 1.29 is 4.42 Å². The van der Waals surface area contributed by atoms with Crippen LogP contribution in [0.15, 0.2) is 16.5 Å². The monoisotopic (exact) mass is 151 g/mol. The largest absolute Gasteiger partial charge is 0.465 e. The Kier molecular flexibility index (Phi) is 1.70. The third kappa shape index (κ3) is 1.46. The van der Waals surface area contributed by atoms with Crippen LogP contribution in [0.4, 0.5) is 0 Å². The van der Waals surface area contributed by atoms with Gasteiger partial charge < -0.3 is 4.42 Å². The van der Waals surface area contributed by atoms with Crippen LogP contribution in [0, 0.1) is 6.92 Å². The molecule has 0 amide bonds. The van der Waals surface area contributed by atoms with Crippen LogP contribution in [0.3, 0.4) is 0 Å². The summed E-state index contributed by atoms with van der Waals surface area (Å²) in [5, 5.41) is 0. The first-order valence-electron chi connectivity index (χ1n) is 4.12. The van der Waals surface area contributed by atoms with E-state index < -0.39 is 0 Å². The van der Waals surface area contributed by atoms with E-state index in [1.165, 1.54) is 19.5 Å². The van der Waals surface area contributed by atoms with Crippen LogP contribution in [-0.4, -0.2) is 18.0 Å². The van der Waals surface area contributed by atoms with Gasteiger partial charge in [-0.05, 0) is 38.6 Å². The van der Waals surface area contributed by atoms with Gasteiger partial charge in [-0.25, -0.2) is 0 Å². The van der Waals surface area contributed by atoms with Crippen molar-refractivity contribution in [3.05, 3.63) is 23.7 Å². The van der Waals surface area contributed by atoms with Crippen LogP contribution in [-0.2, 0) is 6.54 Å². The predicted molar refractivity (Wildman–Crippen MR) is 43.3 cm³/mol. The summed E-state index contributed by atoms with van der Waals surface area (Å²) in [6.07, 6.45) is 1.35. The van der Waals surface area contributed by atoms with Crippen molar-refractivity contribution in [1.82, 2.24) is 4.90 Å². The topological polar surface area (TPSA) is 16.4 Å². The zero-order valence-corrected chi connectivity index (χ0v) is 6.84. The fourth-order valence-electron chi connectivity index (χ4n) is 1.33. The van der Waals surface area contributed by atoms with Crippen LogP contribution >= 0.6 is 0 Å². The molecule has 0 N–H and O–H groups in total. The Morgan fingerprint density at radius 2 is 2.27 bits per heavy atom. The van der Waals surface area contributed by atoms with Crippen LogP contribution < -0.4 is 0 Å². The van der Waals surface area contributed by atoms with Gasteiger partial charge in [0.05, 0.1) is 6.54 Å². The van der Waals surface area contributed by atoms with E-state index in [9.17, 15) is 0 Å². The maximum Gasteiger partial charge on any atom is 0.118 e. The number of hydrogen-bond acceptors (Lipinski definition) is 2. The van der Waals surface area contributed by atoms with Crippen molar-refractivity contribution in [3.63, 3.8) is 0 Å². The van der Waals surface area contributed by atoms with Crippen LogP contribution in [0.2, 0.25) is 0 Å². The molecule has 0 bridgehead atoms. The SMILES string of the molecule is Cc1ccc(CN2CCC2)o1.